The van der Waals surface area contributed by atoms with Crippen molar-refractivity contribution in [2.24, 2.45) is 5.73 Å². The van der Waals surface area contributed by atoms with E-state index in [1.165, 1.54) is 6.07 Å². The minimum absolute atomic E-state index is 0.332. The van der Waals surface area contributed by atoms with Crippen LogP contribution in [0.1, 0.15) is 24.9 Å². The lowest BCUT2D eigenvalue weighted by molar-refractivity contribution is -0.153. The number of nitrogens with two attached hydrogens (primary N) is 1. The number of benzene rings is 1. The molecule has 0 saturated heterocycles. The summed E-state index contributed by atoms with van der Waals surface area (Å²) in [6, 6.07) is 3.38. The fourth-order valence-electron chi connectivity index (χ4n) is 1.26. The SMILES string of the molecule is CCC(N)c1ccc(OCC(F)(F)F)c(F)c1. The maximum absolute atomic E-state index is 13.4. The zero-order chi connectivity index (χ0) is 13.1. The standard InChI is InChI=1S/C11H13F4NO/c1-2-9(16)7-3-4-10(8(12)5-7)17-6-11(13,14)15/h3-5,9H,2,6,16H2,1H3. The summed E-state index contributed by atoms with van der Waals surface area (Å²) < 4.78 is 53.3. The topological polar surface area (TPSA) is 35.2 Å². The molecule has 1 rings (SSSR count). The predicted octanol–water partition coefficient (Wildman–Crippen LogP) is 3.18. The van der Waals surface area contributed by atoms with Crippen molar-refractivity contribution in [1.29, 1.82) is 0 Å². The first kappa shape index (κ1) is 13.8. The van der Waals surface area contributed by atoms with Crippen molar-refractivity contribution in [3.05, 3.63) is 29.6 Å². The Labute approximate surface area is 96.4 Å². The smallest absolute Gasteiger partial charge is 0.422 e. The van der Waals surface area contributed by atoms with Crippen molar-refractivity contribution in [3.8, 4) is 5.75 Å². The Morgan fingerprint density at radius 3 is 2.47 bits per heavy atom. The molecule has 0 heterocycles. The largest absolute Gasteiger partial charge is 0.481 e. The zero-order valence-electron chi connectivity index (χ0n) is 9.22. The molecule has 0 aliphatic heterocycles. The van der Waals surface area contributed by atoms with Crippen LogP contribution in [0.4, 0.5) is 17.6 Å². The molecule has 0 aromatic heterocycles. The molecule has 2 N–H and O–H groups in total. The minimum Gasteiger partial charge on any atom is -0.481 e. The van der Waals surface area contributed by atoms with Gasteiger partial charge >= 0.3 is 6.18 Å². The van der Waals surface area contributed by atoms with Gasteiger partial charge in [0, 0.05) is 6.04 Å². The Morgan fingerprint density at radius 1 is 1.35 bits per heavy atom. The molecule has 6 heteroatoms. The monoisotopic (exact) mass is 251 g/mol. The highest BCUT2D eigenvalue weighted by Crippen LogP contribution is 2.24. The second-order valence-electron chi connectivity index (χ2n) is 3.61. The highest BCUT2D eigenvalue weighted by atomic mass is 19.4. The van der Waals surface area contributed by atoms with Gasteiger partial charge in [-0.05, 0) is 24.1 Å². The molecule has 0 saturated carbocycles. The van der Waals surface area contributed by atoms with E-state index in [0.717, 1.165) is 12.1 Å². The van der Waals surface area contributed by atoms with E-state index in [4.69, 9.17) is 5.73 Å². The molecule has 0 spiro atoms. The van der Waals surface area contributed by atoms with Crippen LogP contribution in [0.25, 0.3) is 0 Å². The Balaban J connectivity index is 2.76. The third-order valence-corrected chi connectivity index (χ3v) is 2.22. The van der Waals surface area contributed by atoms with E-state index in [9.17, 15) is 17.6 Å². The normalized spacial score (nSPS) is 13.5. The molecular weight excluding hydrogens is 238 g/mol. The maximum Gasteiger partial charge on any atom is 0.422 e. The van der Waals surface area contributed by atoms with Gasteiger partial charge in [0.05, 0.1) is 0 Å². The summed E-state index contributed by atoms with van der Waals surface area (Å²) in [5.41, 5.74) is 6.20. The number of rotatable bonds is 4. The Bertz CT molecular complexity index is 378. The van der Waals surface area contributed by atoms with Gasteiger partial charge in [-0.15, -0.1) is 0 Å². The number of hydrogen-bond acceptors (Lipinski definition) is 2. The van der Waals surface area contributed by atoms with Gasteiger partial charge in [0.2, 0.25) is 0 Å². The summed E-state index contributed by atoms with van der Waals surface area (Å²) in [7, 11) is 0. The fourth-order valence-corrected chi connectivity index (χ4v) is 1.26. The van der Waals surface area contributed by atoms with E-state index in [1.54, 1.807) is 0 Å². The van der Waals surface area contributed by atoms with Crippen LogP contribution in [-0.4, -0.2) is 12.8 Å². The molecule has 17 heavy (non-hydrogen) atoms. The van der Waals surface area contributed by atoms with Gasteiger partial charge in [-0.25, -0.2) is 4.39 Å². The average Bonchev–Trinajstić information content (AvgIpc) is 2.25. The van der Waals surface area contributed by atoms with E-state index < -0.39 is 24.3 Å². The first-order chi connectivity index (χ1) is 7.83. The van der Waals surface area contributed by atoms with Gasteiger partial charge in [0.1, 0.15) is 0 Å². The first-order valence-corrected chi connectivity index (χ1v) is 5.08. The summed E-state index contributed by atoms with van der Waals surface area (Å²) >= 11 is 0. The number of ether oxygens (including phenoxy) is 1. The Kier molecular flexibility index (Phi) is 4.34. The van der Waals surface area contributed by atoms with Crippen LogP contribution in [0.2, 0.25) is 0 Å². The molecular formula is C11H13F4NO. The third-order valence-electron chi connectivity index (χ3n) is 2.22. The number of hydrogen-bond donors (Lipinski definition) is 1. The van der Waals surface area contributed by atoms with Gasteiger partial charge in [-0.2, -0.15) is 13.2 Å². The van der Waals surface area contributed by atoms with Crippen molar-refractivity contribution in [3.63, 3.8) is 0 Å². The Hall–Kier alpha value is -1.30. The quantitative estimate of drug-likeness (QED) is 0.834. The van der Waals surface area contributed by atoms with Crippen LogP contribution >= 0.6 is 0 Å². The predicted molar refractivity (Wildman–Crippen MR) is 55.2 cm³/mol. The number of halogens is 4. The van der Waals surface area contributed by atoms with Gasteiger partial charge in [-0.1, -0.05) is 13.0 Å². The lowest BCUT2D eigenvalue weighted by atomic mass is 10.1. The van der Waals surface area contributed by atoms with E-state index in [-0.39, 0.29) is 6.04 Å². The minimum atomic E-state index is -4.48. The summed E-state index contributed by atoms with van der Waals surface area (Å²) in [6.45, 7) is 0.319. The summed E-state index contributed by atoms with van der Waals surface area (Å²) in [6.07, 6.45) is -3.87. The summed E-state index contributed by atoms with van der Waals surface area (Å²) in [4.78, 5) is 0. The Morgan fingerprint density at radius 2 is 2.00 bits per heavy atom. The molecule has 96 valence electrons. The summed E-state index contributed by atoms with van der Waals surface area (Å²) in [5, 5.41) is 0. The molecule has 1 unspecified atom stereocenters. The molecule has 1 aromatic carbocycles. The first-order valence-electron chi connectivity index (χ1n) is 5.08. The highest BCUT2D eigenvalue weighted by Gasteiger charge is 2.28. The highest BCUT2D eigenvalue weighted by molar-refractivity contribution is 5.30. The van der Waals surface area contributed by atoms with Gasteiger partial charge in [-0.3, -0.25) is 0 Å². The summed E-state index contributed by atoms with van der Waals surface area (Å²) in [5.74, 6) is -1.26. The molecule has 1 aromatic rings. The van der Waals surface area contributed by atoms with Crippen LogP contribution in [0.15, 0.2) is 18.2 Å². The van der Waals surface area contributed by atoms with Crippen molar-refractivity contribution >= 4 is 0 Å². The zero-order valence-corrected chi connectivity index (χ0v) is 9.22. The lowest BCUT2D eigenvalue weighted by Crippen LogP contribution is -2.19. The van der Waals surface area contributed by atoms with Crippen LogP contribution < -0.4 is 10.5 Å². The fraction of sp³-hybridized carbons (Fsp3) is 0.455. The molecule has 0 fully saturated rings. The number of alkyl halides is 3. The lowest BCUT2D eigenvalue weighted by Gasteiger charge is -2.13. The third kappa shape index (κ3) is 4.22. The molecule has 0 amide bonds. The molecule has 2 nitrogen and oxygen atoms in total. The van der Waals surface area contributed by atoms with Crippen molar-refractivity contribution in [2.45, 2.75) is 25.6 Å². The van der Waals surface area contributed by atoms with Gasteiger partial charge in [0.25, 0.3) is 0 Å². The van der Waals surface area contributed by atoms with Crippen molar-refractivity contribution in [2.75, 3.05) is 6.61 Å². The van der Waals surface area contributed by atoms with E-state index in [1.807, 2.05) is 6.92 Å². The van der Waals surface area contributed by atoms with Gasteiger partial charge < -0.3 is 10.5 Å². The molecule has 0 aliphatic carbocycles. The molecule has 0 bridgehead atoms. The average molecular weight is 251 g/mol. The van der Waals surface area contributed by atoms with Crippen LogP contribution in [0.3, 0.4) is 0 Å². The second-order valence-corrected chi connectivity index (χ2v) is 3.61. The molecule has 0 aliphatic rings. The second kappa shape index (κ2) is 5.35. The maximum atomic E-state index is 13.4. The van der Waals surface area contributed by atoms with E-state index in [0.29, 0.717) is 12.0 Å². The van der Waals surface area contributed by atoms with Crippen LogP contribution in [0.5, 0.6) is 5.75 Å². The molecule has 1 atom stereocenters. The van der Waals surface area contributed by atoms with Crippen LogP contribution in [-0.2, 0) is 0 Å². The van der Waals surface area contributed by atoms with Gasteiger partial charge in [0.15, 0.2) is 18.2 Å². The van der Waals surface area contributed by atoms with Crippen molar-refractivity contribution in [1.82, 2.24) is 0 Å². The van der Waals surface area contributed by atoms with Crippen LogP contribution in [0, 0.1) is 5.82 Å². The van der Waals surface area contributed by atoms with E-state index >= 15 is 0 Å². The van der Waals surface area contributed by atoms with E-state index in [2.05, 4.69) is 4.74 Å². The van der Waals surface area contributed by atoms with Crippen molar-refractivity contribution < 1.29 is 22.3 Å². The molecule has 0 radical (unpaired) electrons.